The highest BCUT2D eigenvalue weighted by Crippen LogP contribution is 2.03. The van der Waals surface area contributed by atoms with Gasteiger partial charge in [-0.2, -0.15) is 0 Å². The van der Waals surface area contributed by atoms with Gasteiger partial charge in [0.15, 0.2) is 6.73 Å². The molecule has 8 nitrogen and oxygen atoms in total. The van der Waals surface area contributed by atoms with E-state index in [0.29, 0.717) is 30.7 Å². The normalized spacial score (nSPS) is 12.5. The molecule has 132 valence electrons. The first-order chi connectivity index (χ1) is 11.4. The van der Waals surface area contributed by atoms with Crippen LogP contribution in [0.1, 0.15) is 36.5 Å². The molecule has 8 heteroatoms. The first-order valence-electron chi connectivity index (χ1n) is 7.60. The number of rotatable bonds is 9. The van der Waals surface area contributed by atoms with Gasteiger partial charge in [0.05, 0.1) is 5.56 Å². The summed E-state index contributed by atoms with van der Waals surface area (Å²) in [5.74, 6) is -1.22. The molecule has 0 aromatic heterocycles. The molecule has 0 aliphatic carbocycles. The third kappa shape index (κ3) is 7.21. The zero-order valence-electron chi connectivity index (χ0n) is 13.6. The van der Waals surface area contributed by atoms with E-state index < -0.39 is 18.0 Å². The van der Waals surface area contributed by atoms with E-state index >= 15 is 0 Å². The maximum Gasteiger partial charge on any atom is 0.339 e. The largest absolute Gasteiger partial charge is 0.480 e. The Labute approximate surface area is 140 Å². The third-order valence-corrected chi connectivity index (χ3v) is 3.32. The number of hydroxylamine groups is 2. The van der Waals surface area contributed by atoms with E-state index in [-0.39, 0.29) is 13.3 Å². The molecular weight excluding hydrogens is 314 g/mol. The Morgan fingerprint density at radius 3 is 2.58 bits per heavy atom. The van der Waals surface area contributed by atoms with E-state index in [4.69, 9.17) is 15.6 Å². The van der Waals surface area contributed by atoms with Crippen LogP contribution in [-0.2, 0) is 9.53 Å². The summed E-state index contributed by atoms with van der Waals surface area (Å²) in [4.78, 5) is 26.2. The third-order valence-electron chi connectivity index (χ3n) is 3.32. The number of hydrogen-bond acceptors (Lipinski definition) is 6. The number of amidine groups is 1. The standard InChI is InChI=1S/C16H23N3O5/c1-12(19(23)10-6-5-9-14(17)15(20)21)18-11-24-16(22)13-7-3-2-4-8-13/h2-4,7-8,14,23H,5-6,9-11,17H2,1H3,(H,20,21). The quantitative estimate of drug-likeness (QED) is 0.205. The summed E-state index contributed by atoms with van der Waals surface area (Å²) in [5, 5.41) is 19.4. The summed E-state index contributed by atoms with van der Waals surface area (Å²) in [6, 6.07) is 7.65. The van der Waals surface area contributed by atoms with Crippen molar-refractivity contribution in [2.45, 2.75) is 32.2 Å². The lowest BCUT2D eigenvalue weighted by Crippen LogP contribution is -2.30. The lowest BCUT2D eigenvalue weighted by Gasteiger charge is -2.16. The number of carboxylic acids is 1. The highest BCUT2D eigenvalue weighted by atomic mass is 16.5. The van der Waals surface area contributed by atoms with Crippen molar-refractivity contribution >= 4 is 17.8 Å². The van der Waals surface area contributed by atoms with Crippen LogP contribution in [0.5, 0.6) is 0 Å². The number of aliphatic imine (C=N–C) groups is 1. The molecular formula is C16H23N3O5. The number of aliphatic carboxylic acids is 1. The first kappa shape index (κ1) is 19.6. The smallest absolute Gasteiger partial charge is 0.339 e. The molecule has 0 saturated carbocycles. The van der Waals surface area contributed by atoms with E-state index in [0.717, 1.165) is 5.06 Å². The molecule has 1 atom stereocenters. The summed E-state index contributed by atoms with van der Waals surface area (Å²) in [6.45, 7) is 1.67. The SMILES string of the molecule is CC(=NCOC(=O)c1ccccc1)N(O)CCCCC(N)C(=O)O. The maximum atomic E-state index is 11.7. The lowest BCUT2D eigenvalue weighted by atomic mass is 10.1. The summed E-state index contributed by atoms with van der Waals surface area (Å²) in [6.07, 6.45) is 1.48. The predicted octanol–water partition coefficient (Wildman–Crippen LogP) is 1.49. The van der Waals surface area contributed by atoms with E-state index in [2.05, 4.69) is 4.99 Å². The second kappa shape index (κ2) is 10.3. The van der Waals surface area contributed by atoms with Crippen molar-refractivity contribution in [2.24, 2.45) is 10.7 Å². The fourth-order valence-corrected chi connectivity index (χ4v) is 1.83. The van der Waals surface area contributed by atoms with E-state index in [1.54, 1.807) is 37.3 Å². The van der Waals surface area contributed by atoms with Crippen molar-refractivity contribution in [3.8, 4) is 0 Å². The molecule has 0 bridgehead atoms. The Balaban J connectivity index is 2.27. The number of carbonyl (C=O) groups is 2. The van der Waals surface area contributed by atoms with E-state index in [1.807, 2.05) is 0 Å². The van der Waals surface area contributed by atoms with Crippen LogP contribution >= 0.6 is 0 Å². The molecule has 24 heavy (non-hydrogen) atoms. The van der Waals surface area contributed by atoms with Crippen LogP contribution in [0.25, 0.3) is 0 Å². The Morgan fingerprint density at radius 1 is 1.29 bits per heavy atom. The molecule has 0 saturated heterocycles. The van der Waals surface area contributed by atoms with Gasteiger partial charge in [0.25, 0.3) is 0 Å². The van der Waals surface area contributed by atoms with Crippen LogP contribution in [0.4, 0.5) is 0 Å². The Hall–Kier alpha value is -2.45. The van der Waals surface area contributed by atoms with Crippen LogP contribution in [-0.4, -0.2) is 52.5 Å². The van der Waals surface area contributed by atoms with Crippen LogP contribution < -0.4 is 5.73 Å². The van der Waals surface area contributed by atoms with Crippen molar-refractivity contribution in [3.63, 3.8) is 0 Å². The summed E-state index contributed by atoms with van der Waals surface area (Å²) < 4.78 is 4.99. The molecule has 0 fully saturated rings. The number of ether oxygens (including phenoxy) is 1. The van der Waals surface area contributed by atoms with Crippen LogP contribution in [0.15, 0.2) is 35.3 Å². The van der Waals surface area contributed by atoms with Crippen LogP contribution in [0.3, 0.4) is 0 Å². The van der Waals surface area contributed by atoms with Crippen molar-refractivity contribution < 1.29 is 24.6 Å². The first-order valence-corrected chi connectivity index (χ1v) is 7.60. The second-order valence-corrected chi connectivity index (χ2v) is 5.20. The average Bonchev–Trinajstić information content (AvgIpc) is 2.58. The van der Waals surface area contributed by atoms with Gasteiger partial charge in [0.1, 0.15) is 11.9 Å². The Morgan fingerprint density at radius 2 is 1.96 bits per heavy atom. The number of carboxylic acid groups (broad SMARTS) is 1. The van der Waals surface area contributed by atoms with Gasteiger partial charge in [-0.05, 0) is 38.3 Å². The molecule has 1 aromatic carbocycles. The lowest BCUT2D eigenvalue weighted by molar-refractivity contribution is -0.138. The summed E-state index contributed by atoms with van der Waals surface area (Å²) in [7, 11) is 0. The summed E-state index contributed by atoms with van der Waals surface area (Å²) >= 11 is 0. The van der Waals surface area contributed by atoms with Gasteiger partial charge in [0, 0.05) is 6.54 Å². The Kier molecular flexibility index (Phi) is 8.45. The van der Waals surface area contributed by atoms with Crippen LogP contribution in [0.2, 0.25) is 0 Å². The number of nitrogens with two attached hydrogens (primary N) is 1. The molecule has 0 heterocycles. The monoisotopic (exact) mass is 337 g/mol. The molecule has 0 aliphatic heterocycles. The van der Waals surface area contributed by atoms with Gasteiger partial charge in [-0.1, -0.05) is 18.2 Å². The second-order valence-electron chi connectivity index (χ2n) is 5.20. The van der Waals surface area contributed by atoms with Gasteiger partial charge >= 0.3 is 11.9 Å². The molecule has 0 spiro atoms. The minimum Gasteiger partial charge on any atom is -0.480 e. The predicted molar refractivity (Wildman–Crippen MR) is 87.8 cm³/mol. The zero-order chi connectivity index (χ0) is 17.9. The topological polar surface area (TPSA) is 125 Å². The highest BCUT2D eigenvalue weighted by molar-refractivity contribution is 5.89. The molecule has 1 aromatic rings. The van der Waals surface area contributed by atoms with Gasteiger partial charge in [-0.15, -0.1) is 0 Å². The molecule has 0 amide bonds. The molecule has 0 aliphatic rings. The number of nitrogens with zero attached hydrogens (tertiary/aromatic N) is 2. The maximum absolute atomic E-state index is 11.7. The zero-order valence-corrected chi connectivity index (χ0v) is 13.6. The van der Waals surface area contributed by atoms with Crippen molar-refractivity contribution in [2.75, 3.05) is 13.3 Å². The number of carbonyl (C=O) groups excluding carboxylic acids is 1. The highest BCUT2D eigenvalue weighted by Gasteiger charge is 2.11. The average molecular weight is 337 g/mol. The summed E-state index contributed by atoms with van der Waals surface area (Å²) in [5.41, 5.74) is 5.82. The number of hydrogen-bond donors (Lipinski definition) is 3. The number of unbranched alkanes of at least 4 members (excludes halogenated alkanes) is 1. The van der Waals surface area contributed by atoms with E-state index in [1.165, 1.54) is 0 Å². The number of esters is 1. The minimum atomic E-state index is -1.03. The van der Waals surface area contributed by atoms with Gasteiger partial charge in [-0.25, -0.2) is 14.9 Å². The molecule has 1 unspecified atom stereocenters. The molecule has 0 radical (unpaired) electrons. The molecule has 4 N–H and O–H groups in total. The van der Waals surface area contributed by atoms with Crippen molar-refractivity contribution in [1.82, 2.24) is 5.06 Å². The van der Waals surface area contributed by atoms with Gasteiger partial charge in [0.2, 0.25) is 0 Å². The fourth-order valence-electron chi connectivity index (χ4n) is 1.83. The van der Waals surface area contributed by atoms with Gasteiger partial charge < -0.3 is 15.6 Å². The Bertz CT molecular complexity index is 562. The minimum absolute atomic E-state index is 0.194. The van der Waals surface area contributed by atoms with Gasteiger partial charge in [-0.3, -0.25) is 10.0 Å². The van der Waals surface area contributed by atoms with E-state index in [9.17, 15) is 14.8 Å². The number of benzene rings is 1. The fraction of sp³-hybridized carbons (Fsp3) is 0.438. The van der Waals surface area contributed by atoms with Crippen molar-refractivity contribution in [3.05, 3.63) is 35.9 Å². The van der Waals surface area contributed by atoms with Crippen LogP contribution in [0, 0.1) is 0 Å². The molecule has 1 rings (SSSR count). The van der Waals surface area contributed by atoms with Crippen molar-refractivity contribution in [1.29, 1.82) is 0 Å².